The van der Waals surface area contributed by atoms with Gasteiger partial charge in [0.25, 0.3) is 0 Å². The summed E-state index contributed by atoms with van der Waals surface area (Å²) in [4.78, 5) is 0. The highest BCUT2D eigenvalue weighted by molar-refractivity contribution is 5.84. The lowest BCUT2D eigenvalue weighted by Crippen LogP contribution is -2.09. The molecule has 2 heteroatoms. The van der Waals surface area contributed by atoms with Gasteiger partial charge in [-0.3, -0.25) is 5.43 Å². The van der Waals surface area contributed by atoms with Crippen LogP contribution in [0.5, 0.6) is 0 Å². The molecule has 1 N–H and O–H groups in total. The molecular weight excluding hydrogens is 172 g/mol. The average molecular weight is 196 g/mol. The summed E-state index contributed by atoms with van der Waals surface area (Å²) in [6.07, 6.45) is 6.80. The molecule has 0 saturated heterocycles. The second-order valence-corrected chi connectivity index (χ2v) is 3.60. The zero-order chi connectivity index (χ0) is 10.8. The van der Waals surface area contributed by atoms with Crippen LogP contribution in [-0.2, 0) is 0 Å². The van der Waals surface area contributed by atoms with Gasteiger partial charge in [-0.15, -0.1) is 0 Å². The Bertz CT molecular complexity index is 183. The second kappa shape index (κ2) is 8.79. The zero-order valence-corrected chi connectivity index (χ0v) is 9.90. The van der Waals surface area contributed by atoms with E-state index in [1.54, 1.807) is 0 Å². The van der Waals surface area contributed by atoms with Crippen molar-refractivity contribution in [3.8, 4) is 0 Å². The number of hydrogen-bond donors (Lipinski definition) is 1. The van der Waals surface area contributed by atoms with Gasteiger partial charge in [-0.2, -0.15) is 5.10 Å². The van der Waals surface area contributed by atoms with Crippen LogP contribution in [0, 0.1) is 0 Å². The van der Waals surface area contributed by atoms with E-state index in [0.29, 0.717) is 0 Å². The van der Waals surface area contributed by atoms with E-state index in [1.807, 2.05) is 0 Å². The molecule has 0 aromatic heterocycles. The summed E-state index contributed by atoms with van der Waals surface area (Å²) in [6, 6.07) is 0. The quantitative estimate of drug-likeness (QED) is 0.463. The highest BCUT2D eigenvalue weighted by Crippen LogP contribution is 2.03. The summed E-state index contributed by atoms with van der Waals surface area (Å²) >= 11 is 0. The van der Waals surface area contributed by atoms with Crippen LogP contribution in [0.3, 0.4) is 0 Å². The summed E-state index contributed by atoms with van der Waals surface area (Å²) < 4.78 is 0. The van der Waals surface area contributed by atoms with Gasteiger partial charge in [-0.05, 0) is 25.7 Å². The van der Waals surface area contributed by atoms with E-state index in [-0.39, 0.29) is 0 Å². The monoisotopic (exact) mass is 196 g/mol. The Kier molecular flexibility index (Phi) is 8.30. The molecule has 14 heavy (non-hydrogen) atoms. The minimum absolute atomic E-state index is 0.941. The minimum atomic E-state index is 0.941. The van der Waals surface area contributed by atoms with Crippen LogP contribution in [-0.4, -0.2) is 5.71 Å². The lowest BCUT2D eigenvalue weighted by molar-refractivity contribution is 0.778. The fourth-order valence-electron chi connectivity index (χ4n) is 1.14. The Morgan fingerprint density at radius 2 is 1.86 bits per heavy atom. The molecule has 0 spiro atoms. The Morgan fingerprint density at radius 3 is 2.36 bits per heavy atom. The fourth-order valence-corrected chi connectivity index (χ4v) is 1.14. The molecule has 0 rings (SSSR count). The van der Waals surface area contributed by atoms with E-state index in [1.165, 1.54) is 25.0 Å². The van der Waals surface area contributed by atoms with Gasteiger partial charge >= 0.3 is 0 Å². The molecule has 2 nitrogen and oxygen atoms in total. The van der Waals surface area contributed by atoms with Gasteiger partial charge in [0.15, 0.2) is 0 Å². The first-order chi connectivity index (χ1) is 6.74. The standard InChI is InChI=1S/C12H24N2/c1-5-8-10-12(9-6-2)14-13-11(4)7-3/h13H,4-10H2,1-3H3/b14-12-. The summed E-state index contributed by atoms with van der Waals surface area (Å²) in [7, 11) is 0. The first-order valence-corrected chi connectivity index (χ1v) is 5.73. The fraction of sp³-hybridized carbons (Fsp3) is 0.750. The van der Waals surface area contributed by atoms with Crippen LogP contribution in [0.25, 0.3) is 0 Å². The second-order valence-electron chi connectivity index (χ2n) is 3.60. The first kappa shape index (κ1) is 13.2. The van der Waals surface area contributed by atoms with Crippen LogP contribution in [0.2, 0.25) is 0 Å². The third-order valence-corrected chi connectivity index (χ3v) is 2.16. The van der Waals surface area contributed by atoms with Crippen molar-refractivity contribution in [2.24, 2.45) is 5.10 Å². The largest absolute Gasteiger partial charge is 0.283 e. The van der Waals surface area contributed by atoms with E-state index in [9.17, 15) is 0 Å². The van der Waals surface area contributed by atoms with Crippen molar-refractivity contribution in [3.05, 3.63) is 12.3 Å². The van der Waals surface area contributed by atoms with Crippen molar-refractivity contribution >= 4 is 5.71 Å². The molecule has 0 aliphatic rings. The zero-order valence-electron chi connectivity index (χ0n) is 9.90. The first-order valence-electron chi connectivity index (χ1n) is 5.73. The number of hydrazone groups is 1. The lowest BCUT2D eigenvalue weighted by atomic mass is 10.1. The van der Waals surface area contributed by atoms with E-state index < -0.39 is 0 Å². The van der Waals surface area contributed by atoms with Crippen LogP contribution in [0.15, 0.2) is 17.4 Å². The molecule has 0 radical (unpaired) electrons. The number of nitrogens with zero attached hydrogens (tertiary/aromatic N) is 1. The lowest BCUT2D eigenvalue weighted by Gasteiger charge is -2.06. The van der Waals surface area contributed by atoms with Crippen LogP contribution in [0.4, 0.5) is 0 Å². The smallest absolute Gasteiger partial charge is 0.0382 e. The maximum absolute atomic E-state index is 4.39. The average Bonchev–Trinajstić information content (AvgIpc) is 2.21. The van der Waals surface area contributed by atoms with Crippen molar-refractivity contribution < 1.29 is 0 Å². The molecule has 82 valence electrons. The van der Waals surface area contributed by atoms with E-state index >= 15 is 0 Å². The van der Waals surface area contributed by atoms with E-state index in [0.717, 1.165) is 25.0 Å². The number of allylic oxidation sites excluding steroid dienone is 1. The van der Waals surface area contributed by atoms with Gasteiger partial charge in [-0.25, -0.2) is 0 Å². The summed E-state index contributed by atoms with van der Waals surface area (Å²) in [5, 5.41) is 4.39. The highest BCUT2D eigenvalue weighted by atomic mass is 15.3. The molecule has 0 aromatic rings. The summed E-state index contributed by atoms with van der Waals surface area (Å²) in [5.41, 5.74) is 5.30. The van der Waals surface area contributed by atoms with E-state index in [2.05, 4.69) is 37.9 Å². The summed E-state index contributed by atoms with van der Waals surface area (Å²) in [5.74, 6) is 0. The number of unbranched alkanes of at least 4 members (excludes halogenated alkanes) is 1. The van der Waals surface area contributed by atoms with Crippen molar-refractivity contribution in [2.75, 3.05) is 0 Å². The molecule has 0 aliphatic carbocycles. The number of rotatable bonds is 8. The summed E-state index contributed by atoms with van der Waals surface area (Å²) in [6.45, 7) is 10.3. The Labute approximate surface area is 88.5 Å². The van der Waals surface area contributed by atoms with Gasteiger partial charge in [0.2, 0.25) is 0 Å². The number of nitrogens with one attached hydrogen (secondary N) is 1. The van der Waals surface area contributed by atoms with Crippen molar-refractivity contribution in [1.29, 1.82) is 0 Å². The SMILES string of the molecule is C=C(CC)N/N=C(/CCC)CCCC. The van der Waals surface area contributed by atoms with Crippen molar-refractivity contribution in [1.82, 2.24) is 5.43 Å². The molecule has 0 aromatic carbocycles. The maximum Gasteiger partial charge on any atom is 0.0382 e. The normalized spacial score (nSPS) is 11.5. The van der Waals surface area contributed by atoms with Crippen LogP contribution >= 0.6 is 0 Å². The Morgan fingerprint density at radius 1 is 1.14 bits per heavy atom. The Hall–Kier alpha value is -0.790. The topological polar surface area (TPSA) is 24.4 Å². The predicted octanol–water partition coefficient (Wildman–Crippen LogP) is 3.85. The molecule has 0 bridgehead atoms. The van der Waals surface area contributed by atoms with Gasteiger partial charge in [-0.1, -0.05) is 40.2 Å². The third-order valence-electron chi connectivity index (χ3n) is 2.16. The van der Waals surface area contributed by atoms with Gasteiger partial charge < -0.3 is 0 Å². The van der Waals surface area contributed by atoms with Crippen LogP contribution < -0.4 is 5.43 Å². The highest BCUT2D eigenvalue weighted by Gasteiger charge is 1.97. The van der Waals surface area contributed by atoms with Gasteiger partial charge in [0.05, 0.1) is 0 Å². The van der Waals surface area contributed by atoms with Gasteiger partial charge in [0.1, 0.15) is 0 Å². The Balaban J connectivity index is 3.96. The van der Waals surface area contributed by atoms with E-state index in [4.69, 9.17) is 0 Å². The maximum atomic E-state index is 4.39. The van der Waals surface area contributed by atoms with Crippen molar-refractivity contribution in [3.63, 3.8) is 0 Å². The molecule has 0 heterocycles. The molecule has 0 aliphatic heterocycles. The molecule has 0 fully saturated rings. The number of hydrogen-bond acceptors (Lipinski definition) is 2. The predicted molar refractivity (Wildman–Crippen MR) is 64.4 cm³/mol. The molecule has 0 amide bonds. The van der Waals surface area contributed by atoms with Crippen LogP contribution in [0.1, 0.15) is 59.3 Å². The third kappa shape index (κ3) is 6.70. The molecular formula is C12H24N2. The van der Waals surface area contributed by atoms with Gasteiger partial charge in [0, 0.05) is 11.4 Å². The minimum Gasteiger partial charge on any atom is -0.283 e. The van der Waals surface area contributed by atoms with Crippen molar-refractivity contribution in [2.45, 2.75) is 59.3 Å². The molecule has 0 saturated carbocycles. The molecule has 0 unspecified atom stereocenters. The molecule has 0 atom stereocenters.